The predicted octanol–water partition coefficient (Wildman–Crippen LogP) is 4.24. The normalized spacial score (nSPS) is 23.4. The van der Waals surface area contributed by atoms with Crippen molar-refractivity contribution in [3.8, 4) is 0 Å². The average Bonchev–Trinajstić information content (AvgIpc) is 3.49. The van der Waals surface area contributed by atoms with Gasteiger partial charge in [0.05, 0.1) is 28.5 Å². The number of piperidine rings is 1. The number of carbonyl (C=O) groups is 1. The van der Waals surface area contributed by atoms with Crippen LogP contribution in [0.5, 0.6) is 0 Å². The molecule has 210 valence electrons. The molecule has 8 nitrogen and oxygen atoms in total. The topological polar surface area (TPSA) is 94.8 Å². The lowest BCUT2D eigenvalue weighted by Crippen LogP contribution is -2.52. The summed E-state index contributed by atoms with van der Waals surface area (Å²) in [6, 6.07) is 4.04. The minimum Gasteiger partial charge on any atom is -0.389 e. The molecule has 3 N–H and O–H groups in total. The van der Waals surface area contributed by atoms with Gasteiger partial charge in [0.15, 0.2) is 5.65 Å². The molecule has 2 aromatic heterocycles. The Bertz CT molecular complexity index is 1350. The number of alkyl halides is 3. The van der Waals surface area contributed by atoms with Crippen LogP contribution < -0.4 is 15.5 Å². The minimum atomic E-state index is -4.84. The van der Waals surface area contributed by atoms with Crippen molar-refractivity contribution in [2.45, 2.75) is 75.9 Å². The quantitative estimate of drug-likeness (QED) is 0.399. The van der Waals surface area contributed by atoms with Crippen LogP contribution in [0.15, 0.2) is 36.8 Å². The van der Waals surface area contributed by atoms with E-state index in [1.807, 2.05) is 6.92 Å². The number of benzene rings is 1. The number of nitrogens with one attached hydrogen (secondary N) is 2. The third-order valence-electron chi connectivity index (χ3n) is 7.96. The van der Waals surface area contributed by atoms with Gasteiger partial charge in [-0.3, -0.25) is 4.79 Å². The number of nitrogens with zero attached hydrogens (tertiary/aromatic N) is 4. The van der Waals surface area contributed by atoms with E-state index in [1.54, 1.807) is 6.07 Å². The van der Waals surface area contributed by atoms with Crippen molar-refractivity contribution >= 4 is 17.2 Å². The summed E-state index contributed by atoms with van der Waals surface area (Å²) in [6.45, 7) is 4.72. The Morgan fingerprint density at radius 3 is 2.64 bits per heavy atom. The van der Waals surface area contributed by atoms with Crippen molar-refractivity contribution in [3.63, 3.8) is 0 Å². The highest BCUT2D eigenvalue weighted by Crippen LogP contribution is 2.34. The molecular formula is C27H32F4N6O2. The van der Waals surface area contributed by atoms with Crippen LogP contribution in [0.2, 0.25) is 0 Å². The highest BCUT2D eigenvalue weighted by Gasteiger charge is 2.38. The van der Waals surface area contributed by atoms with Gasteiger partial charge in [0.25, 0.3) is 5.91 Å². The van der Waals surface area contributed by atoms with Gasteiger partial charge in [-0.1, -0.05) is 12.1 Å². The van der Waals surface area contributed by atoms with Crippen molar-refractivity contribution in [1.29, 1.82) is 0 Å². The highest BCUT2D eigenvalue weighted by atomic mass is 19.4. The minimum absolute atomic E-state index is 0.0768. The summed E-state index contributed by atoms with van der Waals surface area (Å²) < 4.78 is 55.6. The second-order valence-electron chi connectivity index (χ2n) is 10.8. The number of amides is 1. The third-order valence-corrected chi connectivity index (χ3v) is 7.96. The number of hydrogen-bond acceptors (Lipinski definition) is 6. The molecule has 2 unspecified atom stereocenters. The zero-order chi connectivity index (χ0) is 27.9. The fourth-order valence-electron chi connectivity index (χ4n) is 5.71. The number of aliphatic hydroxyl groups is 1. The van der Waals surface area contributed by atoms with E-state index in [9.17, 15) is 27.5 Å². The average molecular weight is 549 g/mol. The summed E-state index contributed by atoms with van der Waals surface area (Å²) in [6.07, 6.45) is 2.47. The maximum absolute atomic E-state index is 14.6. The Morgan fingerprint density at radius 1 is 1.23 bits per heavy atom. The van der Waals surface area contributed by atoms with E-state index in [4.69, 9.17) is 0 Å². The molecule has 3 atom stereocenters. The van der Waals surface area contributed by atoms with Gasteiger partial charge in [0.1, 0.15) is 12.1 Å². The molecule has 2 fully saturated rings. The van der Waals surface area contributed by atoms with E-state index in [-0.39, 0.29) is 23.2 Å². The van der Waals surface area contributed by atoms with Gasteiger partial charge < -0.3 is 20.6 Å². The first kappa shape index (κ1) is 27.3. The number of pyridine rings is 1. The number of aromatic nitrogens is 3. The summed E-state index contributed by atoms with van der Waals surface area (Å²) in [5.74, 6) is -1.97. The second kappa shape index (κ2) is 10.4. The van der Waals surface area contributed by atoms with Crippen LogP contribution in [0.3, 0.4) is 0 Å². The summed E-state index contributed by atoms with van der Waals surface area (Å²) in [5.41, 5.74) is -0.805. The smallest absolute Gasteiger partial charge is 0.389 e. The van der Waals surface area contributed by atoms with Crippen LogP contribution in [0, 0.1) is 5.82 Å². The van der Waals surface area contributed by atoms with Crippen LogP contribution >= 0.6 is 0 Å². The summed E-state index contributed by atoms with van der Waals surface area (Å²) >= 11 is 0. The molecule has 0 bridgehead atoms. The number of halogens is 4. The molecule has 39 heavy (non-hydrogen) atoms. The Hall–Kier alpha value is -3.25. The molecule has 3 aromatic rings. The molecule has 5 rings (SSSR count). The second-order valence-corrected chi connectivity index (χ2v) is 10.8. The molecule has 1 amide bonds. The van der Waals surface area contributed by atoms with Gasteiger partial charge in [0, 0.05) is 36.9 Å². The van der Waals surface area contributed by atoms with Gasteiger partial charge in [-0.15, -0.1) is 0 Å². The molecule has 1 aliphatic heterocycles. The molecular weight excluding hydrogens is 516 g/mol. The number of anilines is 1. The Labute approximate surface area is 223 Å². The van der Waals surface area contributed by atoms with Crippen molar-refractivity contribution in [2.24, 2.45) is 0 Å². The van der Waals surface area contributed by atoms with Crippen molar-refractivity contribution < 1.29 is 27.5 Å². The van der Waals surface area contributed by atoms with Crippen molar-refractivity contribution in [2.75, 3.05) is 18.0 Å². The van der Waals surface area contributed by atoms with Crippen LogP contribution in [0.25, 0.3) is 5.65 Å². The van der Waals surface area contributed by atoms with Gasteiger partial charge in [-0.25, -0.2) is 13.9 Å². The maximum Gasteiger partial charge on any atom is 0.419 e. The van der Waals surface area contributed by atoms with Crippen LogP contribution in [0.1, 0.15) is 73.5 Å². The van der Waals surface area contributed by atoms with Gasteiger partial charge in [-0.2, -0.15) is 18.3 Å². The summed E-state index contributed by atoms with van der Waals surface area (Å²) in [4.78, 5) is 19.6. The Balaban J connectivity index is 1.31. The number of carbonyl (C=O) groups excluding carboxylic acids is 1. The van der Waals surface area contributed by atoms with E-state index in [2.05, 4.69) is 25.6 Å². The lowest BCUT2D eigenvalue weighted by Gasteiger charge is -2.37. The Morgan fingerprint density at radius 2 is 1.97 bits per heavy atom. The summed E-state index contributed by atoms with van der Waals surface area (Å²) in [7, 11) is 0. The van der Waals surface area contributed by atoms with Gasteiger partial charge in [-0.05, 0) is 58.1 Å². The lowest BCUT2D eigenvalue weighted by molar-refractivity contribution is -0.140. The van der Waals surface area contributed by atoms with E-state index < -0.39 is 35.1 Å². The first-order chi connectivity index (χ1) is 18.4. The molecule has 1 saturated heterocycles. The zero-order valence-electron chi connectivity index (χ0n) is 21.8. The van der Waals surface area contributed by atoms with E-state index in [0.29, 0.717) is 30.5 Å². The molecule has 12 heteroatoms. The molecule has 0 spiro atoms. The first-order valence-electron chi connectivity index (χ1n) is 13.2. The molecule has 1 aliphatic carbocycles. The van der Waals surface area contributed by atoms with E-state index in [1.165, 1.54) is 30.0 Å². The molecule has 1 aromatic carbocycles. The largest absolute Gasteiger partial charge is 0.419 e. The number of hydrogen-bond donors (Lipinski definition) is 3. The van der Waals surface area contributed by atoms with Gasteiger partial charge >= 0.3 is 6.18 Å². The van der Waals surface area contributed by atoms with Crippen molar-refractivity contribution in [3.05, 3.63) is 59.3 Å². The zero-order valence-corrected chi connectivity index (χ0v) is 21.8. The van der Waals surface area contributed by atoms with E-state index >= 15 is 0 Å². The summed E-state index contributed by atoms with van der Waals surface area (Å²) in [5, 5.41) is 21.0. The van der Waals surface area contributed by atoms with Crippen molar-refractivity contribution in [1.82, 2.24) is 25.2 Å². The Kier molecular flexibility index (Phi) is 7.27. The fourth-order valence-corrected chi connectivity index (χ4v) is 5.71. The molecule has 2 aliphatic rings. The lowest BCUT2D eigenvalue weighted by atomic mass is 9.97. The van der Waals surface area contributed by atoms with Crippen LogP contribution in [0.4, 0.5) is 23.2 Å². The highest BCUT2D eigenvalue weighted by molar-refractivity contribution is 5.96. The molecule has 0 radical (unpaired) electrons. The number of rotatable bonds is 6. The van der Waals surface area contributed by atoms with Crippen LogP contribution in [-0.2, 0) is 6.18 Å². The fraction of sp³-hybridized carbons (Fsp3) is 0.519. The number of fused-ring (bicyclic) bond motifs is 1. The standard InChI is InChI=1S/C27H32F4N6O2/c1-16(19-5-3-6-20(23(19)28)27(29,30)31)34-25(38)17-13-21(24-32-15-33-37(24)14-17)36-11-8-18(9-12-36)35-22-7-4-10-26(22,2)39/h3,5-6,13-16,18,22,35,39H,4,7-12H2,1-2H3,(H,34,38)/t16-,22?,26?/m1/s1. The SMILES string of the molecule is C[C@@H](NC(=O)c1cc(N2CCC(NC3CCCC3(C)O)CC2)c2ncnn2c1)c1cccc(C(F)(F)F)c1F. The van der Waals surface area contributed by atoms with Crippen LogP contribution in [-0.4, -0.2) is 56.4 Å². The van der Waals surface area contributed by atoms with E-state index in [0.717, 1.165) is 38.2 Å². The first-order valence-corrected chi connectivity index (χ1v) is 13.2. The third kappa shape index (κ3) is 5.58. The maximum atomic E-state index is 14.6. The predicted molar refractivity (Wildman–Crippen MR) is 137 cm³/mol. The molecule has 1 saturated carbocycles. The van der Waals surface area contributed by atoms with Gasteiger partial charge in [0.2, 0.25) is 0 Å². The monoisotopic (exact) mass is 548 g/mol. The molecule has 3 heterocycles.